The van der Waals surface area contributed by atoms with E-state index in [4.69, 9.17) is 9.97 Å². The van der Waals surface area contributed by atoms with Gasteiger partial charge in [0.25, 0.3) is 0 Å². The van der Waals surface area contributed by atoms with Crippen LogP contribution in [-0.2, 0) is 10.8 Å². The Kier molecular flexibility index (Phi) is 7.10. The highest BCUT2D eigenvalue weighted by Crippen LogP contribution is 2.39. The number of hydrogen-bond donors (Lipinski definition) is 0. The molecule has 0 radical (unpaired) electrons. The van der Waals surface area contributed by atoms with Crippen molar-refractivity contribution in [3.05, 3.63) is 180 Å². The molecule has 0 N–H and O–H groups in total. The van der Waals surface area contributed by atoms with Crippen molar-refractivity contribution < 1.29 is 0 Å². The number of pyridine rings is 1. The normalized spacial score (nSPS) is 12.2. The van der Waals surface area contributed by atoms with Crippen LogP contribution in [0.15, 0.2) is 158 Å². The lowest BCUT2D eigenvalue weighted by atomic mass is 9.77. The summed E-state index contributed by atoms with van der Waals surface area (Å²) in [7, 11) is 0. The van der Waals surface area contributed by atoms with Crippen molar-refractivity contribution in [3.8, 4) is 22.9 Å². The minimum atomic E-state index is -0.278. The lowest BCUT2D eigenvalue weighted by Crippen LogP contribution is -2.19. The van der Waals surface area contributed by atoms with Crippen LogP contribution < -0.4 is 0 Å². The van der Waals surface area contributed by atoms with Gasteiger partial charge in [0.15, 0.2) is 0 Å². The van der Waals surface area contributed by atoms with Crippen LogP contribution in [0.5, 0.6) is 0 Å². The monoisotopic (exact) mass is 622 g/mol. The molecule has 8 aromatic rings. The fourth-order valence-electron chi connectivity index (χ4n) is 7.08. The van der Waals surface area contributed by atoms with Crippen molar-refractivity contribution in [2.45, 2.75) is 38.5 Å². The summed E-state index contributed by atoms with van der Waals surface area (Å²) in [6, 6.07) is 49.9. The van der Waals surface area contributed by atoms with E-state index in [1.54, 1.807) is 0 Å². The molecular formula is C44H38N4. The van der Waals surface area contributed by atoms with Crippen LogP contribution in [-0.4, -0.2) is 19.1 Å². The van der Waals surface area contributed by atoms with Crippen molar-refractivity contribution in [2.24, 2.45) is 0 Å². The Morgan fingerprint density at radius 2 is 1.12 bits per heavy atom. The molecule has 3 heterocycles. The smallest absolute Gasteiger partial charge is 0.144 e. The minimum Gasteiger partial charge on any atom is -0.300 e. The zero-order valence-corrected chi connectivity index (χ0v) is 27.8. The fraction of sp³-hybridized carbons (Fsp3) is 0.136. The summed E-state index contributed by atoms with van der Waals surface area (Å²) in [5.41, 5.74) is 9.01. The van der Waals surface area contributed by atoms with E-state index in [-0.39, 0.29) is 10.8 Å². The summed E-state index contributed by atoms with van der Waals surface area (Å²) >= 11 is 0. The molecule has 5 aromatic carbocycles. The van der Waals surface area contributed by atoms with Crippen LogP contribution in [0.3, 0.4) is 0 Å². The molecule has 234 valence electrons. The molecule has 3 aromatic heterocycles. The van der Waals surface area contributed by atoms with Gasteiger partial charge in [0.1, 0.15) is 11.6 Å². The van der Waals surface area contributed by atoms with E-state index in [2.05, 4.69) is 170 Å². The summed E-state index contributed by atoms with van der Waals surface area (Å²) in [5.74, 6) is 1.85. The first kappa shape index (κ1) is 29.6. The quantitative estimate of drug-likeness (QED) is 0.177. The SMILES string of the molecule is CC(C)(c1ccccc1)c1ccnc(-n2c3ccccc3c3ccc(C(C)(C)c4cccc(-c5nccn5-c5ccccc5)c4)cc32)c1. The molecule has 0 bridgehead atoms. The molecule has 0 aliphatic carbocycles. The number of para-hydroxylation sites is 2. The summed E-state index contributed by atoms with van der Waals surface area (Å²) in [4.78, 5) is 9.73. The Morgan fingerprint density at radius 3 is 1.94 bits per heavy atom. The van der Waals surface area contributed by atoms with Gasteiger partial charge in [-0.15, -0.1) is 0 Å². The number of hydrogen-bond acceptors (Lipinski definition) is 2. The van der Waals surface area contributed by atoms with Crippen LogP contribution in [0.1, 0.15) is 49.9 Å². The predicted molar refractivity (Wildman–Crippen MR) is 198 cm³/mol. The molecule has 4 nitrogen and oxygen atoms in total. The molecule has 0 saturated heterocycles. The zero-order chi connectivity index (χ0) is 32.9. The van der Waals surface area contributed by atoms with Crippen LogP contribution in [0.25, 0.3) is 44.7 Å². The fourth-order valence-corrected chi connectivity index (χ4v) is 7.08. The summed E-state index contributed by atoms with van der Waals surface area (Å²) < 4.78 is 4.48. The molecule has 8 rings (SSSR count). The maximum atomic E-state index is 4.97. The predicted octanol–water partition coefficient (Wildman–Crippen LogP) is 10.7. The van der Waals surface area contributed by atoms with Crippen LogP contribution in [0.2, 0.25) is 0 Å². The molecule has 0 aliphatic rings. The number of aromatic nitrogens is 4. The molecule has 0 aliphatic heterocycles. The Bertz CT molecular complexity index is 2390. The molecular weight excluding hydrogens is 585 g/mol. The third-order valence-corrected chi connectivity index (χ3v) is 10.1. The maximum absolute atomic E-state index is 4.97. The summed E-state index contributed by atoms with van der Waals surface area (Å²) in [5, 5.41) is 2.44. The van der Waals surface area contributed by atoms with E-state index in [1.165, 1.54) is 33.0 Å². The van der Waals surface area contributed by atoms with E-state index >= 15 is 0 Å². The molecule has 0 saturated carbocycles. The average Bonchev–Trinajstić information content (AvgIpc) is 3.76. The first-order chi connectivity index (χ1) is 23.3. The molecule has 48 heavy (non-hydrogen) atoms. The van der Waals surface area contributed by atoms with Crippen LogP contribution in [0, 0.1) is 0 Å². The van der Waals surface area contributed by atoms with Crippen molar-refractivity contribution in [3.63, 3.8) is 0 Å². The van der Waals surface area contributed by atoms with Gasteiger partial charge in [-0.05, 0) is 64.7 Å². The van der Waals surface area contributed by atoms with E-state index in [0.29, 0.717) is 0 Å². The number of nitrogens with zero attached hydrogens (tertiary/aromatic N) is 4. The molecule has 0 amide bonds. The summed E-state index contributed by atoms with van der Waals surface area (Å²) in [6.45, 7) is 9.19. The number of rotatable bonds is 7. The second-order valence-corrected chi connectivity index (χ2v) is 13.6. The first-order valence-electron chi connectivity index (χ1n) is 16.6. The van der Waals surface area contributed by atoms with Crippen LogP contribution in [0.4, 0.5) is 0 Å². The Hall–Kier alpha value is -5.74. The van der Waals surface area contributed by atoms with E-state index < -0.39 is 0 Å². The molecule has 4 heteroatoms. The Labute approximate surface area is 282 Å². The lowest BCUT2D eigenvalue weighted by molar-refractivity contribution is 0.638. The van der Waals surface area contributed by atoms with Crippen molar-refractivity contribution >= 4 is 21.8 Å². The first-order valence-corrected chi connectivity index (χ1v) is 16.6. The highest BCUT2D eigenvalue weighted by molar-refractivity contribution is 6.09. The van der Waals surface area contributed by atoms with Crippen molar-refractivity contribution in [2.75, 3.05) is 0 Å². The topological polar surface area (TPSA) is 35.6 Å². The molecule has 0 unspecified atom stereocenters. The van der Waals surface area contributed by atoms with Gasteiger partial charge in [-0.1, -0.05) is 125 Å². The summed E-state index contributed by atoms with van der Waals surface area (Å²) in [6.07, 6.45) is 5.85. The second-order valence-electron chi connectivity index (χ2n) is 13.6. The largest absolute Gasteiger partial charge is 0.300 e. The number of fused-ring (bicyclic) bond motifs is 3. The van der Waals surface area contributed by atoms with Gasteiger partial charge >= 0.3 is 0 Å². The van der Waals surface area contributed by atoms with Crippen molar-refractivity contribution in [1.29, 1.82) is 0 Å². The minimum absolute atomic E-state index is 0.175. The zero-order valence-electron chi connectivity index (χ0n) is 27.8. The van der Waals surface area contributed by atoms with E-state index in [9.17, 15) is 0 Å². The molecule has 0 fully saturated rings. The third kappa shape index (κ3) is 4.92. The van der Waals surface area contributed by atoms with Gasteiger partial charge in [0.05, 0.1) is 11.0 Å². The highest BCUT2D eigenvalue weighted by atomic mass is 15.1. The maximum Gasteiger partial charge on any atom is 0.144 e. The lowest BCUT2D eigenvalue weighted by Gasteiger charge is -2.27. The van der Waals surface area contributed by atoms with Gasteiger partial charge in [0, 0.05) is 51.4 Å². The van der Waals surface area contributed by atoms with Gasteiger partial charge in [-0.2, -0.15) is 0 Å². The van der Waals surface area contributed by atoms with Crippen molar-refractivity contribution in [1.82, 2.24) is 19.1 Å². The van der Waals surface area contributed by atoms with Gasteiger partial charge in [-0.25, -0.2) is 9.97 Å². The molecule has 0 spiro atoms. The van der Waals surface area contributed by atoms with E-state index in [1.807, 2.05) is 24.7 Å². The molecule has 0 atom stereocenters. The van der Waals surface area contributed by atoms with Gasteiger partial charge in [0.2, 0.25) is 0 Å². The number of benzene rings is 5. The Balaban J connectivity index is 1.25. The van der Waals surface area contributed by atoms with E-state index in [0.717, 1.165) is 33.9 Å². The van der Waals surface area contributed by atoms with Gasteiger partial charge < -0.3 is 0 Å². The van der Waals surface area contributed by atoms with Crippen LogP contribution >= 0.6 is 0 Å². The second kappa shape index (κ2) is 11.5. The highest BCUT2D eigenvalue weighted by Gasteiger charge is 2.27. The number of imidazole rings is 1. The average molecular weight is 623 g/mol. The third-order valence-electron chi connectivity index (χ3n) is 10.1. The van der Waals surface area contributed by atoms with Gasteiger partial charge in [-0.3, -0.25) is 9.13 Å². The Morgan fingerprint density at radius 1 is 0.479 bits per heavy atom. The standard InChI is InChI=1S/C44H38N4/c1-43(2,32-15-7-5-8-16-32)35-24-25-45-41(30-35)48-39-21-12-11-20-37(39)38-23-22-34(29-40(38)48)44(3,4)33-17-13-14-31(28-33)42-46-26-27-47(42)36-18-9-6-10-19-36/h5-30H,1-4H3.